The molecule has 0 radical (unpaired) electrons. The number of nitrogens with one attached hydrogen (secondary N) is 1. The maximum atomic E-state index is 12.3. The summed E-state index contributed by atoms with van der Waals surface area (Å²) in [4.78, 5) is 16.8. The Labute approximate surface area is 155 Å². The maximum absolute atomic E-state index is 12.3. The third-order valence-corrected chi connectivity index (χ3v) is 6.30. The Kier molecular flexibility index (Phi) is 6.41. The molecule has 144 valence electrons. The lowest BCUT2D eigenvalue weighted by molar-refractivity contribution is -0.121. The van der Waals surface area contributed by atoms with Gasteiger partial charge in [0.15, 0.2) is 0 Å². The number of carbonyl (C=O) groups is 1. The van der Waals surface area contributed by atoms with E-state index in [1.165, 1.54) is 18.4 Å². The number of carbonyl (C=O) groups excluding carboxylic acids is 1. The van der Waals surface area contributed by atoms with Crippen LogP contribution in [0.1, 0.15) is 39.4 Å². The fourth-order valence-corrected chi connectivity index (χ4v) is 3.67. The van der Waals surface area contributed by atoms with Crippen LogP contribution < -0.4 is 5.32 Å². The molecule has 0 saturated carbocycles. The number of fused-ring (bicyclic) bond motifs is 1. The first-order chi connectivity index (χ1) is 12.2. The molecule has 0 aliphatic carbocycles. The van der Waals surface area contributed by atoms with Crippen LogP contribution in [0.3, 0.4) is 0 Å². The van der Waals surface area contributed by atoms with Gasteiger partial charge in [-0.1, -0.05) is 6.92 Å². The van der Waals surface area contributed by atoms with Crippen LogP contribution in [0.15, 0.2) is 23.1 Å². The highest BCUT2D eigenvalue weighted by Crippen LogP contribution is 2.22. The number of imidazole rings is 1. The first-order valence-electron chi connectivity index (χ1n) is 8.91. The van der Waals surface area contributed by atoms with Gasteiger partial charge in [0.1, 0.15) is 5.82 Å². The van der Waals surface area contributed by atoms with Crippen molar-refractivity contribution in [1.29, 1.82) is 0 Å². The lowest BCUT2D eigenvalue weighted by Crippen LogP contribution is -2.32. The van der Waals surface area contributed by atoms with Gasteiger partial charge in [-0.15, -0.1) is 0 Å². The summed E-state index contributed by atoms with van der Waals surface area (Å²) < 4.78 is 27.9. The van der Waals surface area contributed by atoms with Crippen molar-refractivity contribution in [1.82, 2.24) is 19.2 Å². The van der Waals surface area contributed by atoms with Crippen molar-refractivity contribution in [3.63, 3.8) is 0 Å². The lowest BCUT2D eigenvalue weighted by atomic mass is 10.2. The molecule has 26 heavy (non-hydrogen) atoms. The third kappa shape index (κ3) is 4.24. The number of benzene rings is 1. The van der Waals surface area contributed by atoms with Gasteiger partial charge in [-0.25, -0.2) is 17.7 Å². The van der Waals surface area contributed by atoms with Crippen LogP contribution in [0.5, 0.6) is 0 Å². The molecule has 0 spiro atoms. The highest BCUT2D eigenvalue weighted by molar-refractivity contribution is 7.89. The van der Waals surface area contributed by atoms with Crippen molar-refractivity contribution in [3.05, 3.63) is 24.0 Å². The van der Waals surface area contributed by atoms with Crippen molar-refractivity contribution < 1.29 is 13.2 Å². The summed E-state index contributed by atoms with van der Waals surface area (Å²) in [5, 5.41) is 2.95. The number of rotatable bonds is 8. The van der Waals surface area contributed by atoms with Crippen molar-refractivity contribution in [2.45, 2.75) is 57.5 Å². The molecule has 0 bridgehead atoms. The van der Waals surface area contributed by atoms with Crippen LogP contribution in [0.4, 0.5) is 0 Å². The van der Waals surface area contributed by atoms with Crippen molar-refractivity contribution in [2.24, 2.45) is 0 Å². The van der Waals surface area contributed by atoms with E-state index in [4.69, 9.17) is 0 Å². The zero-order valence-corrected chi connectivity index (χ0v) is 16.9. The van der Waals surface area contributed by atoms with Crippen LogP contribution in [0.25, 0.3) is 11.0 Å². The molecule has 0 saturated heterocycles. The second-order valence-electron chi connectivity index (χ2n) is 6.59. The monoisotopic (exact) mass is 380 g/mol. The number of aryl methyl sites for hydroxylation is 2. The third-order valence-electron chi connectivity index (χ3n) is 4.49. The average molecular weight is 381 g/mol. The average Bonchev–Trinajstić information content (AvgIpc) is 2.96. The number of hydrogen-bond donors (Lipinski definition) is 1. The summed E-state index contributed by atoms with van der Waals surface area (Å²) in [6.07, 6.45) is 1.76. The highest BCUT2D eigenvalue weighted by atomic mass is 32.2. The molecular formula is C18H28N4O3S. The molecule has 1 unspecified atom stereocenters. The summed E-state index contributed by atoms with van der Waals surface area (Å²) in [6, 6.07) is 5.14. The van der Waals surface area contributed by atoms with E-state index in [2.05, 4.69) is 10.3 Å². The molecule has 1 aromatic heterocycles. The summed E-state index contributed by atoms with van der Waals surface area (Å²) in [7, 11) is -0.490. The molecule has 1 atom stereocenters. The van der Waals surface area contributed by atoms with Crippen LogP contribution in [-0.4, -0.2) is 48.3 Å². The number of aromatic nitrogens is 2. The van der Waals surface area contributed by atoms with Gasteiger partial charge in [0.05, 0.1) is 15.9 Å². The van der Waals surface area contributed by atoms with Crippen LogP contribution in [-0.2, 0) is 27.8 Å². The fraction of sp³-hybridized carbons (Fsp3) is 0.556. The minimum atomic E-state index is -3.50. The standard InChI is InChI=1S/C18H28N4O3S/c1-6-13(3)19-18(23)11-10-17-20-15-12-14(26(24,25)21(4)5)8-9-16(15)22(17)7-2/h8-9,12-13H,6-7,10-11H2,1-5H3,(H,19,23). The SMILES string of the molecule is CCC(C)NC(=O)CCc1nc2cc(S(=O)(=O)N(C)C)ccc2n1CC. The Morgan fingerprint density at radius 2 is 2.00 bits per heavy atom. The second-order valence-corrected chi connectivity index (χ2v) is 8.74. The molecule has 1 aromatic carbocycles. The zero-order valence-electron chi connectivity index (χ0n) is 16.1. The Bertz CT molecular complexity index is 887. The van der Waals surface area contributed by atoms with E-state index in [0.717, 1.165) is 17.8 Å². The van der Waals surface area contributed by atoms with E-state index in [1.807, 2.05) is 25.3 Å². The lowest BCUT2D eigenvalue weighted by Gasteiger charge is -2.12. The molecule has 1 heterocycles. The summed E-state index contributed by atoms with van der Waals surface area (Å²) in [5.41, 5.74) is 1.51. The number of amides is 1. The van der Waals surface area contributed by atoms with E-state index < -0.39 is 10.0 Å². The molecule has 0 aliphatic heterocycles. The second kappa shape index (κ2) is 8.18. The molecule has 2 rings (SSSR count). The molecular weight excluding hydrogens is 352 g/mol. The molecule has 7 nitrogen and oxygen atoms in total. The van der Waals surface area contributed by atoms with Crippen LogP contribution in [0, 0.1) is 0 Å². The first-order valence-corrected chi connectivity index (χ1v) is 10.4. The van der Waals surface area contributed by atoms with E-state index in [-0.39, 0.29) is 16.8 Å². The Morgan fingerprint density at radius 1 is 1.31 bits per heavy atom. The Hall–Kier alpha value is -1.93. The number of hydrogen-bond acceptors (Lipinski definition) is 4. The van der Waals surface area contributed by atoms with Crippen molar-refractivity contribution in [3.8, 4) is 0 Å². The van der Waals surface area contributed by atoms with Crippen LogP contribution in [0.2, 0.25) is 0 Å². The molecule has 0 aliphatic rings. The van der Waals surface area contributed by atoms with E-state index >= 15 is 0 Å². The van der Waals surface area contributed by atoms with Gasteiger partial charge in [-0.2, -0.15) is 0 Å². The predicted molar refractivity (Wildman–Crippen MR) is 102 cm³/mol. The van der Waals surface area contributed by atoms with Gasteiger partial charge >= 0.3 is 0 Å². The van der Waals surface area contributed by atoms with Crippen LogP contribution >= 0.6 is 0 Å². The smallest absolute Gasteiger partial charge is 0.242 e. The molecule has 0 fully saturated rings. The maximum Gasteiger partial charge on any atom is 0.242 e. The van der Waals surface area contributed by atoms with E-state index in [0.29, 0.717) is 24.9 Å². The topological polar surface area (TPSA) is 84.3 Å². The minimum Gasteiger partial charge on any atom is -0.354 e. The Morgan fingerprint density at radius 3 is 2.58 bits per heavy atom. The quantitative estimate of drug-likeness (QED) is 0.760. The summed E-state index contributed by atoms with van der Waals surface area (Å²) in [5.74, 6) is 0.797. The molecule has 2 aromatic rings. The van der Waals surface area contributed by atoms with E-state index in [9.17, 15) is 13.2 Å². The minimum absolute atomic E-state index is 0.00457. The summed E-state index contributed by atoms with van der Waals surface area (Å²) >= 11 is 0. The predicted octanol–water partition coefficient (Wildman–Crippen LogP) is 2.15. The van der Waals surface area contributed by atoms with Gasteiger partial charge in [0.25, 0.3) is 0 Å². The van der Waals surface area contributed by atoms with Gasteiger partial charge < -0.3 is 9.88 Å². The highest BCUT2D eigenvalue weighted by Gasteiger charge is 2.19. The number of sulfonamides is 1. The molecule has 8 heteroatoms. The summed E-state index contributed by atoms with van der Waals surface area (Å²) in [6.45, 7) is 6.72. The molecule has 1 amide bonds. The zero-order chi connectivity index (χ0) is 19.5. The Balaban J connectivity index is 2.29. The first kappa shape index (κ1) is 20.4. The normalized spacial score (nSPS) is 13.3. The fourth-order valence-electron chi connectivity index (χ4n) is 2.75. The van der Waals surface area contributed by atoms with Gasteiger partial charge in [0.2, 0.25) is 15.9 Å². The number of nitrogens with zero attached hydrogens (tertiary/aromatic N) is 3. The largest absolute Gasteiger partial charge is 0.354 e. The van der Waals surface area contributed by atoms with Gasteiger partial charge in [-0.3, -0.25) is 4.79 Å². The van der Waals surface area contributed by atoms with Crippen molar-refractivity contribution in [2.75, 3.05) is 14.1 Å². The van der Waals surface area contributed by atoms with Gasteiger partial charge in [0, 0.05) is 39.5 Å². The van der Waals surface area contributed by atoms with E-state index in [1.54, 1.807) is 18.2 Å². The molecule has 1 N–H and O–H groups in total. The van der Waals surface area contributed by atoms with Gasteiger partial charge in [-0.05, 0) is 38.5 Å². The van der Waals surface area contributed by atoms with Crippen molar-refractivity contribution >= 4 is 27.0 Å².